The van der Waals surface area contributed by atoms with Gasteiger partial charge in [-0.1, -0.05) is 109 Å². The molecule has 5 nitrogen and oxygen atoms in total. The van der Waals surface area contributed by atoms with Crippen molar-refractivity contribution in [2.75, 3.05) is 0 Å². The summed E-state index contributed by atoms with van der Waals surface area (Å²) in [6.07, 6.45) is -1.13. The molecule has 0 spiro atoms. The molecule has 2 aromatic rings. The maximum Gasteiger partial charge on any atom is 0.511 e. The molecule has 37 heavy (non-hydrogen) atoms. The van der Waals surface area contributed by atoms with Crippen molar-refractivity contribution in [3.05, 3.63) is 71.8 Å². The summed E-state index contributed by atoms with van der Waals surface area (Å²) in [7, 11) is -8.65. The predicted octanol–water partition coefficient (Wildman–Crippen LogP) is 6.70. The fourth-order valence-corrected chi connectivity index (χ4v) is 13.2. The average molecular weight is 560 g/mol. The zero-order valence-electron chi connectivity index (χ0n) is 22.8. The highest BCUT2D eigenvalue weighted by Crippen LogP contribution is 2.52. The summed E-state index contributed by atoms with van der Waals surface area (Å²) in [4.78, 5) is 0. The van der Waals surface area contributed by atoms with Gasteiger partial charge in [-0.05, 0) is 34.2 Å². The Balaban J connectivity index is 2.85. The summed E-state index contributed by atoms with van der Waals surface area (Å²) in [6.45, 7) is 15.8. The molecule has 0 amide bonds. The van der Waals surface area contributed by atoms with Crippen LogP contribution in [0.25, 0.3) is 0 Å². The number of hydrogen-bond acceptors (Lipinski definition) is 4. The summed E-state index contributed by atoms with van der Waals surface area (Å²) in [5.41, 5.74) is -7.17. The maximum atomic E-state index is 13.7. The minimum Gasteiger partial charge on any atom is -0.411 e. The van der Waals surface area contributed by atoms with E-state index in [0.717, 1.165) is 0 Å². The minimum atomic E-state index is -5.85. The third-order valence-electron chi connectivity index (χ3n) is 7.20. The van der Waals surface area contributed by atoms with Crippen molar-refractivity contribution in [3.8, 4) is 0 Å². The lowest BCUT2D eigenvalue weighted by molar-refractivity contribution is -0.0491. The Labute approximate surface area is 220 Å². The van der Waals surface area contributed by atoms with Gasteiger partial charge in [0, 0.05) is 0 Å². The minimum absolute atomic E-state index is 0.0522. The molecule has 0 aliphatic heterocycles. The van der Waals surface area contributed by atoms with Crippen molar-refractivity contribution in [2.24, 2.45) is 0 Å². The SMILES string of the molecule is CC(O[Si](C(C)C)(C(C)C)C(C)(C)C)C(NS(=O)(=O)C(F)(F)F)C(O)(c1ccccc1)c1ccccc1. The molecular weight excluding hydrogens is 519 g/mol. The average Bonchev–Trinajstić information content (AvgIpc) is 2.79. The number of rotatable bonds is 10. The fraction of sp³-hybridized carbons (Fsp3) is 0.556. The molecular formula is C27H40F3NO4SSi. The summed E-state index contributed by atoms with van der Waals surface area (Å²) < 4.78 is 74.7. The van der Waals surface area contributed by atoms with Crippen LogP contribution in [-0.4, -0.2) is 39.5 Å². The van der Waals surface area contributed by atoms with Crippen molar-refractivity contribution in [3.63, 3.8) is 0 Å². The van der Waals surface area contributed by atoms with Gasteiger partial charge < -0.3 is 9.53 Å². The zero-order chi connectivity index (χ0) is 28.4. The lowest BCUT2D eigenvalue weighted by Gasteiger charge is -2.52. The number of nitrogens with one attached hydrogen (secondary N) is 1. The summed E-state index contributed by atoms with van der Waals surface area (Å²) in [5, 5.41) is 12.0. The third-order valence-corrected chi connectivity index (χ3v) is 14.9. The van der Waals surface area contributed by atoms with Gasteiger partial charge in [0.2, 0.25) is 8.32 Å². The second-order valence-corrected chi connectivity index (χ2v) is 18.6. The number of aliphatic hydroxyl groups is 1. The topological polar surface area (TPSA) is 75.6 Å². The van der Waals surface area contributed by atoms with E-state index in [1.807, 2.05) is 53.2 Å². The highest BCUT2D eigenvalue weighted by atomic mass is 32.2. The molecule has 0 heterocycles. The van der Waals surface area contributed by atoms with Crippen molar-refractivity contribution in [1.29, 1.82) is 0 Å². The Morgan fingerprint density at radius 3 is 1.49 bits per heavy atom. The summed E-state index contributed by atoms with van der Waals surface area (Å²) in [5.74, 6) is 0. The molecule has 2 atom stereocenters. The first kappa shape index (κ1) is 31.5. The standard InChI is InChI=1S/C27H40F3NO4SSi/c1-19(2)37(20(3)4,25(6,7)8)35-21(5)24(31-36(33,34)27(28,29)30)26(32,22-15-11-9-12-16-22)23-17-13-10-14-18-23/h9-21,24,31-32H,1-8H3. The van der Waals surface area contributed by atoms with Gasteiger partial charge in [-0.15, -0.1) is 0 Å². The molecule has 0 fully saturated rings. The largest absolute Gasteiger partial charge is 0.511 e. The first-order valence-corrected chi connectivity index (χ1v) is 16.0. The maximum absolute atomic E-state index is 13.7. The third kappa shape index (κ3) is 6.14. The quantitative estimate of drug-likeness (QED) is 0.318. The first-order valence-electron chi connectivity index (χ1n) is 12.4. The highest BCUT2D eigenvalue weighted by molar-refractivity contribution is 7.90. The van der Waals surface area contributed by atoms with E-state index in [1.54, 1.807) is 67.6 Å². The Bertz CT molecular complexity index is 1070. The van der Waals surface area contributed by atoms with Crippen LogP contribution in [-0.2, 0) is 20.1 Å². The van der Waals surface area contributed by atoms with Crippen LogP contribution < -0.4 is 4.72 Å². The predicted molar refractivity (Wildman–Crippen MR) is 144 cm³/mol. The van der Waals surface area contributed by atoms with Gasteiger partial charge in [-0.3, -0.25) is 0 Å². The summed E-state index contributed by atoms with van der Waals surface area (Å²) in [6, 6.07) is 14.5. The van der Waals surface area contributed by atoms with Crippen LogP contribution in [0.3, 0.4) is 0 Å². The van der Waals surface area contributed by atoms with E-state index in [1.165, 1.54) is 0 Å². The molecule has 0 aromatic heterocycles. The monoisotopic (exact) mass is 559 g/mol. The van der Waals surface area contributed by atoms with E-state index in [9.17, 15) is 26.7 Å². The van der Waals surface area contributed by atoms with Crippen molar-refractivity contribution >= 4 is 18.3 Å². The molecule has 0 radical (unpaired) electrons. The second-order valence-electron chi connectivity index (χ2n) is 11.2. The Morgan fingerprint density at radius 2 is 1.19 bits per heavy atom. The molecule has 2 unspecified atom stereocenters. The van der Waals surface area contributed by atoms with Crippen LogP contribution in [0.4, 0.5) is 13.2 Å². The molecule has 208 valence electrons. The van der Waals surface area contributed by atoms with Crippen LogP contribution in [0.2, 0.25) is 16.1 Å². The zero-order valence-corrected chi connectivity index (χ0v) is 24.6. The van der Waals surface area contributed by atoms with Gasteiger partial charge in [-0.25, -0.2) is 8.42 Å². The number of alkyl halides is 3. The highest BCUT2D eigenvalue weighted by Gasteiger charge is 2.57. The Morgan fingerprint density at radius 1 is 0.811 bits per heavy atom. The van der Waals surface area contributed by atoms with E-state index < -0.39 is 41.6 Å². The van der Waals surface area contributed by atoms with Crippen LogP contribution in [0.5, 0.6) is 0 Å². The molecule has 0 saturated heterocycles. The number of halogens is 3. The van der Waals surface area contributed by atoms with E-state index in [0.29, 0.717) is 0 Å². The molecule has 2 aromatic carbocycles. The van der Waals surface area contributed by atoms with E-state index >= 15 is 0 Å². The number of benzene rings is 2. The lowest BCUT2D eigenvalue weighted by Crippen LogP contribution is -2.63. The Kier molecular flexibility index (Phi) is 9.51. The molecule has 2 rings (SSSR count). The van der Waals surface area contributed by atoms with Crippen LogP contribution >= 0.6 is 0 Å². The van der Waals surface area contributed by atoms with E-state index in [-0.39, 0.29) is 27.2 Å². The second kappa shape index (κ2) is 11.2. The number of sulfonamides is 1. The molecule has 2 N–H and O–H groups in total. The number of hydrogen-bond donors (Lipinski definition) is 2. The van der Waals surface area contributed by atoms with Crippen LogP contribution in [0, 0.1) is 0 Å². The normalized spacial score (nSPS) is 15.7. The van der Waals surface area contributed by atoms with Gasteiger partial charge in [0.05, 0.1) is 12.1 Å². The smallest absolute Gasteiger partial charge is 0.411 e. The van der Waals surface area contributed by atoms with Crippen molar-refractivity contribution in [2.45, 2.75) is 94.8 Å². The molecule has 0 aliphatic rings. The summed E-state index contributed by atoms with van der Waals surface area (Å²) >= 11 is 0. The van der Waals surface area contributed by atoms with E-state index in [4.69, 9.17) is 4.43 Å². The van der Waals surface area contributed by atoms with Crippen LogP contribution in [0.1, 0.15) is 66.5 Å². The molecule has 0 bridgehead atoms. The van der Waals surface area contributed by atoms with Gasteiger partial charge in [0.15, 0.2) is 0 Å². The van der Waals surface area contributed by atoms with Crippen molar-refractivity contribution < 1.29 is 31.1 Å². The molecule has 0 saturated carbocycles. The van der Waals surface area contributed by atoms with Gasteiger partial charge in [0.1, 0.15) is 5.60 Å². The molecule has 10 heteroatoms. The lowest BCUT2D eigenvalue weighted by atomic mass is 9.78. The van der Waals surface area contributed by atoms with Gasteiger partial charge in [-0.2, -0.15) is 17.9 Å². The fourth-order valence-electron chi connectivity index (χ4n) is 5.89. The first-order chi connectivity index (χ1) is 16.8. The van der Waals surface area contributed by atoms with E-state index in [2.05, 4.69) is 0 Å². The van der Waals surface area contributed by atoms with Crippen molar-refractivity contribution in [1.82, 2.24) is 4.72 Å². The van der Waals surface area contributed by atoms with Crippen LogP contribution in [0.15, 0.2) is 60.7 Å². The van der Waals surface area contributed by atoms with Gasteiger partial charge >= 0.3 is 15.5 Å². The van der Waals surface area contributed by atoms with Gasteiger partial charge in [0.25, 0.3) is 0 Å². The molecule has 0 aliphatic carbocycles. The Hall–Kier alpha value is -1.72.